The van der Waals surface area contributed by atoms with Gasteiger partial charge in [-0.05, 0) is 6.07 Å². The first-order valence-electron chi connectivity index (χ1n) is 5.88. The molecule has 0 amide bonds. The van der Waals surface area contributed by atoms with E-state index >= 15 is 0 Å². The van der Waals surface area contributed by atoms with Crippen LogP contribution in [0.2, 0.25) is 0 Å². The number of benzene rings is 1. The summed E-state index contributed by atoms with van der Waals surface area (Å²) < 4.78 is 0. The van der Waals surface area contributed by atoms with Gasteiger partial charge in [0.2, 0.25) is 5.56 Å². The predicted molar refractivity (Wildman–Crippen MR) is 74.5 cm³/mol. The highest BCUT2D eigenvalue weighted by atomic mass is 16.6. The number of nitro benzene ring substituents is 1. The quantitative estimate of drug-likeness (QED) is 0.570. The van der Waals surface area contributed by atoms with Crippen molar-refractivity contribution < 1.29 is 4.92 Å². The minimum Gasteiger partial charge on any atom is -0.320 e. The van der Waals surface area contributed by atoms with E-state index in [0.29, 0.717) is 22.2 Å². The van der Waals surface area contributed by atoms with E-state index in [4.69, 9.17) is 0 Å². The fraction of sp³-hybridized carbons (Fsp3) is 0. The highest BCUT2D eigenvalue weighted by Crippen LogP contribution is 2.26. The van der Waals surface area contributed by atoms with Crippen LogP contribution in [0.1, 0.15) is 0 Å². The van der Waals surface area contributed by atoms with Gasteiger partial charge in [-0.3, -0.25) is 19.9 Å². The highest BCUT2D eigenvalue weighted by Gasteiger charge is 2.11. The van der Waals surface area contributed by atoms with Crippen LogP contribution >= 0.6 is 0 Å². The zero-order chi connectivity index (χ0) is 14.1. The molecule has 6 heteroatoms. The van der Waals surface area contributed by atoms with E-state index in [2.05, 4.69) is 9.97 Å². The summed E-state index contributed by atoms with van der Waals surface area (Å²) in [5.41, 5.74) is 1.34. The van der Waals surface area contributed by atoms with Crippen molar-refractivity contribution in [3.8, 4) is 11.3 Å². The van der Waals surface area contributed by atoms with Gasteiger partial charge in [0.1, 0.15) is 0 Å². The highest BCUT2D eigenvalue weighted by molar-refractivity contribution is 5.91. The third-order valence-corrected chi connectivity index (χ3v) is 2.96. The zero-order valence-electron chi connectivity index (χ0n) is 10.2. The molecule has 3 aromatic rings. The maximum Gasteiger partial charge on any atom is 0.270 e. The van der Waals surface area contributed by atoms with Gasteiger partial charge in [-0.1, -0.05) is 18.2 Å². The predicted octanol–water partition coefficient (Wildman–Crippen LogP) is 2.50. The van der Waals surface area contributed by atoms with Gasteiger partial charge in [-0.25, -0.2) is 0 Å². The molecule has 20 heavy (non-hydrogen) atoms. The summed E-state index contributed by atoms with van der Waals surface area (Å²) in [6, 6.07) is 11.1. The average molecular weight is 267 g/mol. The molecule has 0 saturated heterocycles. The Kier molecular flexibility index (Phi) is 2.76. The number of fused-ring (bicyclic) bond motifs is 1. The van der Waals surface area contributed by atoms with E-state index in [1.165, 1.54) is 18.2 Å². The molecule has 0 aliphatic heterocycles. The lowest BCUT2D eigenvalue weighted by molar-refractivity contribution is -0.384. The molecule has 3 rings (SSSR count). The number of aromatic nitrogens is 2. The Morgan fingerprint density at radius 1 is 1.15 bits per heavy atom. The molecule has 2 heterocycles. The van der Waals surface area contributed by atoms with E-state index in [0.717, 1.165) is 0 Å². The fourth-order valence-corrected chi connectivity index (χ4v) is 2.09. The molecular formula is C14H9N3O3. The summed E-state index contributed by atoms with van der Waals surface area (Å²) in [6.07, 6.45) is 1.61. The van der Waals surface area contributed by atoms with Crippen LogP contribution in [-0.4, -0.2) is 14.9 Å². The van der Waals surface area contributed by atoms with Crippen molar-refractivity contribution in [2.24, 2.45) is 0 Å². The Bertz CT molecular complexity index is 871. The van der Waals surface area contributed by atoms with Gasteiger partial charge < -0.3 is 4.98 Å². The molecular weight excluding hydrogens is 258 g/mol. The summed E-state index contributed by atoms with van der Waals surface area (Å²) in [4.78, 5) is 29.0. The number of non-ortho nitro benzene ring substituents is 1. The van der Waals surface area contributed by atoms with Crippen molar-refractivity contribution in [2.45, 2.75) is 0 Å². The summed E-state index contributed by atoms with van der Waals surface area (Å²) >= 11 is 0. The second-order valence-corrected chi connectivity index (χ2v) is 4.26. The molecule has 0 radical (unpaired) electrons. The summed E-state index contributed by atoms with van der Waals surface area (Å²) in [5, 5.41) is 11.5. The van der Waals surface area contributed by atoms with Crippen LogP contribution in [0.25, 0.3) is 22.2 Å². The van der Waals surface area contributed by atoms with Crippen LogP contribution in [0.4, 0.5) is 5.69 Å². The monoisotopic (exact) mass is 267 g/mol. The molecule has 6 nitrogen and oxygen atoms in total. The minimum absolute atomic E-state index is 0.0312. The Balaban J connectivity index is 2.31. The van der Waals surface area contributed by atoms with Crippen LogP contribution in [0.3, 0.4) is 0 Å². The Morgan fingerprint density at radius 3 is 2.80 bits per heavy atom. The standard InChI is InChI=1S/C14H9N3O3/c18-12-8-10-4-2-6-15-13(10)14(16-12)9-3-1-5-11(7-9)17(19)20/h1-8H,(H,16,18). The molecule has 0 unspecified atom stereocenters. The lowest BCUT2D eigenvalue weighted by Gasteiger charge is -2.05. The Hall–Kier alpha value is -3.02. The van der Waals surface area contributed by atoms with Crippen LogP contribution < -0.4 is 5.56 Å². The van der Waals surface area contributed by atoms with Crippen LogP contribution in [0, 0.1) is 10.1 Å². The van der Waals surface area contributed by atoms with Gasteiger partial charge >= 0.3 is 0 Å². The Morgan fingerprint density at radius 2 is 2.00 bits per heavy atom. The first kappa shape index (κ1) is 12.0. The molecule has 1 aromatic carbocycles. The number of hydrogen-bond acceptors (Lipinski definition) is 4. The lowest BCUT2D eigenvalue weighted by Crippen LogP contribution is -2.06. The number of H-pyrrole nitrogens is 1. The van der Waals surface area contributed by atoms with E-state index in [9.17, 15) is 14.9 Å². The molecule has 1 N–H and O–H groups in total. The lowest BCUT2D eigenvalue weighted by atomic mass is 10.1. The molecule has 0 aliphatic carbocycles. The number of nitrogens with zero attached hydrogens (tertiary/aromatic N) is 2. The second-order valence-electron chi connectivity index (χ2n) is 4.26. The van der Waals surface area contributed by atoms with E-state index in [-0.39, 0.29) is 11.2 Å². The largest absolute Gasteiger partial charge is 0.320 e. The molecule has 0 aliphatic rings. The molecule has 0 saturated carbocycles. The normalized spacial score (nSPS) is 10.6. The van der Waals surface area contributed by atoms with Gasteiger partial charge in [-0.15, -0.1) is 0 Å². The number of hydrogen-bond donors (Lipinski definition) is 1. The van der Waals surface area contributed by atoms with Crippen LogP contribution in [0.15, 0.2) is 53.5 Å². The number of nitro groups is 1. The van der Waals surface area contributed by atoms with E-state index < -0.39 is 4.92 Å². The van der Waals surface area contributed by atoms with Crippen molar-refractivity contribution >= 4 is 16.6 Å². The molecule has 98 valence electrons. The van der Waals surface area contributed by atoms with Crippen molar-refractivity contribution in [2.75, 3.05) is 0 Å². The van der Waals surface area contributed by atoms with Gasteiger partial charge in [0.15, 0.2) is 0 Å². The first-order valence-corrected chi connectivity index (χ1v) is 5.88. The molecule has 0 bridgehead atoms. The van der Waals surface area contributed by atoms with Crippen molar-refractivity contribution in [3.05, 3.63) is 69.1 Å². The van der Waals surface area contributed by atoms with Crippen LogP contribution in [-0.2, 0) is 0 Å². The number of aromatic amines is 1. The Labute approximate surface area is 112 Å². The van der Waals surface area contributed by atoms with E-state index in [1.54, 1.807) is 30.5 Å². The molecule has 0 atom stereocenters. The second kappa shape index (κ2) is 4.58. The molecule has 2 aromatic heterocycles. The topological polar surface area (TPSA) is 88.9 Å². The minimum atomic E-state index is -0.472. The van der Waals surface area contributed by atoms with Crippen molar-refractivity contribution in [1.82, 2.24) is 9.97 Å². The van der Waals surface area contributed by atoms with Crippen molar-refractivity contribution in [1.29, 1.82) is 0 Å². The molecule has 0 spiro atoms. The van der Waals surface area contributed by atoms with Gasteiger partial charge in [0.05, 0.1) is 16.1 Å². The van der Waals surface area contributed by atoms with Gasteiger partial charge in [-0.2, -0.15) is 0 Å². The summed E-state index contributed by atoms with van der Waals surface area (Å²) in [6.45, 7) is 0. The first-order chi connectivity index (χ1) is 9.65. The van der Waals surface area contributed by atoms with Crippen molar-refractivity contribution in [3.63, 3.8) is 0 Å². The van der Waals surface area contributed by atoms with Gasteiger partial charge in [0.25, 0.3) is 5.69 Å². The SMILES string of the molecule is O=c1cc2cccnc2c(-c2cccc([N+](=O)[O-])c2)[nH]1. The van der Waals surface area contributed by atoms with Gasteiger partial charge in [0, 0.05) is 35.3 Å². The third-order valence-electron chi connectivity index (χ3n) is 2.96. The maximum atomic E-state index is 11.7. The third kappa shape index (κ3) is 2.03. The number of nitrogens with one attached hydrogen (secondary N) is 1. The summed E-state index contributed by atoms with van der Waals surface area (Å²) in [5.74, 6) is 0. The fourth-order valence-electron chi connectivity index (χ4n) is 2.09. The maximum absolute atomic E-state index is 11.7. The van der Waals surface area contributed by atoms with E-state index in [1.807, 2.05) is 0 Å². The molecule has 0 fully saturated rings. The smallest absolute Gasteiger partial charge is 0.270 e. The van der Waals surface area contributed by atoms with Crippen LogP contribution in [0.5, 0.6) is 0 Å². The zero-order valence-corrected chi connectivity index (χ0v) is 10.2. The summed E-state index contributed by atoms with van der Waals surface area (Å²) in [7, 11) is 0. The number of pyridine rings is 2. The average Bonchev–Trinajstić information content (AvgIpc) is 2.46. The number of rotatable bonds is 2.